The van der Waals surface area contributed by atoms with Crippen LogP contribution in [0.2, 0.25) is 0 Å². The SMILES string of the molecule is C.C.CC(=O)OCOC(C)=O. The molecule has 0 unspecified atom stereocenters. The van der Waals surface area contributed by atoms with Gasteiger partial charge in [0.2, 0.25) is 6.79 Å². The first-order valence-electron chi connectivity index (χ1n) is 2.39. The van der Waals surface area contributed by atoms with Crippen molar-refractivity contribution in [1.82, 2.24) is 0 Å². The van der Waals surface area contributed by atoms with E-state index in [4.69, 9.17) is 0 Å². The van der Waals surface area contributed by atoms with Crippen molar-refractivity contribution in [2.75, 3.05) is 6.79 Å². The standard InChI is InChI=1S/C5H8O4.2CH4/c1-4(6)8-3-9-5(2)7;;/h3H2,1-2H3;2*1H4. The Balaban J connectivity index is -0.000000320. The molecule has 11 heavy (non-hydrogen) atoms. The molecule has 0 radical (unpaired) electrons. The van der Waals surface area contributed by atoms with Gasteiger partial charge >= 0.3 is 11.9 Å². The van der Waals surface area contributed by atoms with Gasteiger partial charge in [-0.2, -0.15) is 0 Å². The molecule has 0 aliphatic carbocycles. The van der Waals surface area contributed by atoms with Gasteiger partial charge in [-0.05, 0) is 0 Å². The Labute approximate surface area is 67.5 Å². The van der Waals surface area contributed by atoms with Crippen LogP contribution in [-0.2, 0) is 19.1 Å². The van der Waals surface area contributed by atoms with E-state index >= 15 is 0 Å². The van der Waals surface area contributed by atoms with Crippen molar-refractivity contribution in [3.8, 4) is 0 Å². The lowest BCUT2D eigenvalue weighted by molar-refractivity contribution is -0.163. The van der Waals surface area contributed by atoms with Crippen molar-refractivity contribution in [2.24, 2.45) is 0 Å². The fourth-order valence-electron chi connectivity index (χ4n) is 0.195. The highest BCUT2D eigenvalue weighted by atomic mass is 16.7. The lowest BCUT2D eigenvalue weighted by Crippen LogP contribution is -2.07. The van der Waals surface area contributed by atoms with Crippen molar-refractivity contribution in [1.29, 1.82) is 0 Å². The lowest BCUT2D eigenvalue weighted by atomic mass is 10.8. The Kier molecular flexibility index (Phi) is 13.4. The molecule has 0 rings (SSSR count). The second kappa shape index (κ2) is 8.94. The summed E-state index contributed by atoms with van der Waals surface area (Å²) >= 11 is 0. The largest absolute Gasteiger partial charge is 0.428 e. The maximum absolute atomic E-state index is 10.0. The molecular weight excluding hydrogens is 148 g/mol. The molecule has 0 amide bonds. The van der Waals surface area contributed by atoms with Crippen molar-refractivity contribution >= 4 is 11.9 Å². The van der Waals surface area contributed by atoms with Crippen LogP contribution in [0.5, 0.6) is 0 Å². The fourth-order valence-corrected chi connectivity index (χ4v) is 0.195. The van der Waals surface area contributed by atoms with Gasteiger partial charge in [0.05, 0.1) is 0 Å². The van der Waals surface area contributed by atoms with Crippen LogP contribution in [0.25, 0.3) is 0 Å². The highest BCUT2D eigenvalue weighted by Gasteiger charge is 1.93. The summed E-state index contributed by atoms with van der Waals surface area (Å²) in [6.45, 7) is 2.19. The Morgan fingerprint density at radius 2 is 1.27 bits per heavy atom. The molecule has 0 saturated heterocycles. The summed E-state index contributed by atoms with van der Waals surface area (Å²) in [5.74, 6) is -0.924. The maximum Gasteiger partial charge on any atom is 0.305 e. The van der Waals surface area contributed by atoms with Crippen molar-refractivity contribution in [3.05, 3.63) is 0 Å². The number of esters is 2. The molecule has 4 nitrogen and oxygen atoms in total. The molecule has 0 N–H and O–H groups in total. The van der Waals surface area contributed by atoms with Crippen LogP contribution in [0.1, 0.15) is 28.7 Å². The van der Waals surface area contributed by atoms with E-state index in [9.17, 15) is 9.59 Å². The summed E-state index contributed by atoms with van der Waals surface area (Å²) in [5.41, 5.74) is 0. The van der Waals surface area contributed by atoms with Crippen molar-refractivity contribution < 1.29 is 19.1 Å². The van der Waals surface area contributed by atoms with Gasteiger partial charge in [0.1, 0.15) is 0 Å². The lowest BCUT2D eigenvalue weighted by Gasteiger charge is -1.99. The summed E-state index contributed by atoms with van der Waals surface area (Å²) in [5, 5.41) is 0. The van der Waals surface area contributed by atoms with Gasteiger partial charge in [-0.1, -0.05) is 14.9 Å². The van der Waals surface area contributed by atoms with Crippen molar-refractivity contribution in [3.63, 3.8) is 0 Å². The summed E-state index contributed by atoms with van der Waals surface area (Å²) < 4.78 is 8.54. The first kappa shape index (κ1) is 16.5. The van der Waals surface area contributed by atoms with Crippen LogP contribution in [0.15, 0.2) is 0 Å². The molecule has 0 aliphatic rings. The van der Waals surface area contributed by atoms with Crippen LogP contribution < -0.4 is 0 Å². The molecule has 0 aromatic rings. The molecule has 0 fully saturated rings. The first-order valence-corrected chi connectivity index (χ1v) is 2.39. The molecule has 0 aliphatic heterocycles. The number of hydrogen-bond donors (Lipinski definition) is 0. The smallest absolute Gasteiger partial charge is 0.305 e. The summed E-state index contributed by atoms with van der Waals surface area (Å²) in [4.78, 5) is 20.0. The van der Waals surface area contributed by atoms with Gasteiger partial charge in [0.15, 0.2) is 0 Å². The average molecular weight is 164 g/mol. The van der Waals surface area contributed by atoms with Gasteiger partial charge in [-0.15, -0.1) is 0 Å². The third kappa shape index (κ3) is 17.6. The van der Waals surface area contributed by atoms with Crippen LogP contribution in [-0.4, -0.2) is 18.7 Å². The van der Waals surface area contributed by atoms with Gasteiger partial charge in [-0.3, -0.25) is 9.59 Å². The quantitative estimate of drug-likeness (QED) is 0.456. The van der Waals surface area contributed by atoms with Crippen molar-refractivity contribution in [2.45, 2.75) is 28.7 Å². The molecule has 0 spiro atoms. The van der Waals surface area contributed by atoms with E-state index in [0.29, 0.717) is 0 Å². The minimum Gasteiger partial charge on any atom is -0.428 e. The second-order valence-corrected chi connectivity index (χ2v) is 1.39. The minimum absolute atomic E-state index is 0. The Morgan fingerprint density at radius 3 is 1.45 bits per heavy atom. The third-order valence-corrected chi connectivity index (χ3v) is 0.524. The Hall–Kier alpha value is -1.06. The first-order chi connectivity index (χ1) is 4.13. The molecule has 0 heterocycles. The van der Waals surface area contributed by atoms with Gasteiger partial charge in [0.25, 0.3) is 0 Å². The number of hydrogen-bond acceptors (Lipinski definition) is 4. The minimum atomic E-state index is -0.462. The van der Waals surface area contributed by atoms with E-state index in [1.54, 1.807) is 0 Å². The van der Waals surface area contributed by atoms with E-state index in [1.165, 1.54) is 13.8 Å². The zero-order chi connectivity index (χ0) is 7.28. The topological polar surface area (TPSA) is 52.6 Å². The van der Waals surface area contributed by atoms with Crippen LogP contribution >= 0.6 is 0 Å². The third-order valence-electron chi connectivity index (χ3n) is 0.524. The Morgan fingerprint density at radius 1 is 1.00 bits per heavy atom. The predicted octanol–water partition coefficient (Wildman–Crippen LogP) is 1.34. The van der Waals surface area contributed by atoms with E-state index in [2.05, 4.69) is 9.47 Å². The van der Waals surface area contributed by atoms with E-state index < -0.39 is 11.9 Å². The average Bonchev–Trinajstić information content (AvgIpc) is 1.63. The van der Waals surface area contributed by atoms with E-state index in [0.717, 1.165) is 0 Å². The maximum atomic E-state index is 10.0. The molecule has 0 saturated carbocycles. The molecule has 4 heteroatoms. The van der Waals surface area contributed by atoms with Crippen LogP contribution in [0, 0.1) is 0 Å². The second-order valence-electron chi connectivity index (χ2n) is 1.39. The highest BCUT2D eigenvalue weighted by molar-refractivity contribution is 5.67. The van der Waals surface area contributed by atoms with E-state index in [1.807, 2.05) is 0 Å². The van der Waals surface area contributed by atoms with Crippen LogP contribution in [0.4, 0.5) is 0 Å². The summed E-state index contributed by atoms with van der Waals surface area (Å²) in [7, 11) is 0. The highest BCUT2D eigenvalue weighted by Crippen LogP contribution is 1.79. The van der Waals surface area contributed by atoms with Gasteiger partial charge in [0, 0.05) is 13.8 Å². The normalized spacial score (nSPS) is 6.73. The number of ether oxygens (including phenoxy) is 2. The summed E-state index contributed by atoms with van der Waals surface area (Å²) in [6, 6.07) is 0. The zero-order valence-electron chi connectivity index (χ0n) is 5.34. The zero-order valence-corrected chi connectivity index (χ0v) is 5.34. The summed E-state index contributed by atoms with van der Waals surface area (Å²) in [6.07, 6.45) is 0. The van der Waals surface area contributed by atoms with E-state index in [-0.39, 0.29) is 21.6 Å². The molecule has 0 atom stereocenters. The fraction of sp³-hybridized carbons (Fsp3) is 0.714. The number of carbonyl (C=O) groups excluding carboxylic acids is 2. The molecule has 68 valence electrons. The molecular formula is C7H16O4. The van der Waals surface area contributed by atoms with Crippen LogP contribution in [0.3, 0.4) is 0 Å². The molecule has 0 bridgehead atoms. The molecule has 0 aromatic carbocycles. The number of carbonyl (C=O) groups is 2. The van der Waals surface area contributed by atoms with Gasteiger partial charge < -0.3 is 9.47 Å². The molecule has 0 aromatic heterocycles. The predicted molar refractivity (Wildman–Crippen MR) is 41.9 cm³/mol. The monoisotopic (exact) mass is 164 g/mol. The number of rotatable bonds is 2. The Bertz CT molecular complexity index is 106. The van der Waals surface area contributed by atoms with Gasteiger partial charge in [-0.25, -0.2) is 0 Å².